The fourth-order valence-corrected chi connectivity index (χ4v) is 1.54. The molecule has 0 aliphatic carbocycles. The number of rotatable bonds is 2. The minimum atomic E-state index is -0.426. The molecular formula is C11H11NO3. The Hall–Kier alpha value is -1.97. The first-order valence-corrected chi connectivity index (χ1v) is 4.70. The number of carbonyl (C=O) groups excluding carboxylic acids is 1. The van der Waals surface area contributed by atoms with Crippen molar-refractivity contribution in [1.82, 2.24) is 4.98 Å². The van der Waals surface area contributed by atoms with Gasteiger partial charge in [-0.15, -0.1) is 0 Å². The molecule has 0 bridgehead atoms. The maximum atomic E-state index is 11.5. The van der Waals surface area contributed by atoms with E-state index in [0.29, 0.717) is 17.6 Å². The van der Waals surface area contributed by atoms with Gasteiger partial charge in [0.25, 0.3) is 0 Å². The van der Waals surface area contributed by atoms with Gasteiger partial charge in [0.2, 0.25) is 0 Å². The van der Waals surface area contributed by atoms with Gasteiger partial charge in [-0.3, -0.25) is 0 Å². The molecule has 0 radical (unpaired) electrons. The molecule has 0 unspecified atom stereocenters. The van der Waals surface area contributed by atoms with E-state index in [0.717, 1.165) is 5.52 Å². The molecule has 4 nitrogen and oxygen atoms in total. The Morgan fingerprint density at radius 1 is 1.53 bits per heavy atom. The van der Waals surface area contributed by atoms with Crippen molar-refractivity contribution in [2.24, 2.45) is 0 Å². The van der Waals surface area contributed by atoms with Crippen LogP contribution >= 0.6 is 0 Å². The first-order chi connectivity index (χ1) is 7.24. The van der Waals surface area contributed by atoms with Gasteiger partial charge in [-0.2, -0.15) is 0 Å². The van der Waals surface area contributed by atoms with Crippen LogP contribution in [0.4, 0.5) is 0 Å². The Morgan fingerprint density at radius 2 is 2.33 bits per heavy atom. The van der Waals surface area contributed by atoms with E-state index < -0.39 is 5.97 Å². The van der Waals surface area contributed by atoms with Crippen LogP contribution in [0.3, 0.4) is 0 Å². The van der Waals surface area contributed by atoms with E-state index >= 15 is 0 Å². The Morgan fingerprint density at radius 3 is 3.07 bits per heavy atom. The average Bonchev–Trinajstić information content (AvgIpc) is 2.63. The lowest BCUT2D eigenvalue weighted by atomic mass is 10.1. The molecule has 2 rings (SSSR count). The summed E-state index contributed by atoms with van der Waals surface area (Å²) in [5.41, 5.74) is 1.09. The first-order valence-electron chi connectivity index (χ1n) is 4.70. The van der Waals surface area contributed by atoms with E-state index in [9.17, 15) is 9.90 Å². The zero-order valence-corrected chi connectivity index (χ0v) is 8.28. The third-order valence-electron chi connectivity index (χ3n) is 2.18. The van der Waals surface area contributed by atoms with Crippen LogP contribution in [0.5, 0.6) is 5.75 Å². The fourth-order valence-electron chi connectivity index (χ4n) is 1.54. The molecular weight excluding hydrogens is 194 g/mol. The molecule has 0 spiro atoms. The van der Waals surface area contributed by atoms with Crippen LogP contribution in [-0.4, -0.2) is 22.7 Å². The number of esters is 1. The Bertz CT molecular complexity index is 502. The van der Waals surface area contributed by atoms with Gasteiger partial charge in [0.05, 0.1) is 23.1 Å². The van der Waals surface area contributed by atoms with E-state index in [4.69, 9.17) is 4.74 Å². The number of aromatic nitrogens is 1. The summed E-state index contributed by atoms with van der Waals surface area (Å²) < 4.78 is 4.88. The summed E-state index contributed by atoms with van der Waals surface area (Å²) in [5.74, 6) is -0.345. The van der Waals surface area contributed by atoms with Gasteiger partial charge in [0.1, 0.15) is 5.75 Å². The maximum absolute atomic E-state index is 11.5. The van der Waals surface area contributed by atoms with Crippen molar-refractivity contribution in [3.8, 4) is 5.75 Å². The van der Waals surface area contributed by atoms with E-state index in [1.165, 1.54) is 0 Å². The Balaban J connectivity index is 2.57. The van der Waals surface area contributed by atoms with Gasteiger partial charge in [-0.25, -0.2) is 4.79 Å². The molecule has 2 aromatic rings. The predicted octanol–water partition coefficient (Wildman–Crippen LogP) is 2.05. The van der Waals surface area contributed by atoms with Gasteiger partial charge in [-0.1, -0.05) is 6.07 Å². The monoisotopic (exact) mass is 205 g/mol. The number of carbonyl (C=O) groups is 1. The van der Waals surface area contributed by atoms with Crippen LogP contribution in [0.15, 0.2) is 24.4 Å². The average molecular weight is 205 g/mol. The second-order valence-corrected chi connectivity index (χ2v) is 3.12. The van der Waals surface area contributed by atoms with Crippen molar-refractivity contribution in [2.45, 2.75) is 6.92 Å². The lowest BCUT2D eigenvalue weighted by molar-refractivity contribution is 0.0528. The van der Waals surface area contributed by atoms with Crippen LogP contribution in [-0.2, 0) is 4.74 Å². The minimum absolute atomic E-state index is 0.0804. The molecule has 0 saturated heterocycles. The molecule has 2 N–H and O–H groups in total. The number of phenolic OH excluding ortho intramolecular Hbond substituents is 1. The molecule has 0 fully saturated rings. The molecule has 0 amide bonds. The fraction of sp³-hybridized carbons (Fsp3) is 0.182. The molecule has 0 aliphatic rings. The standard InChI is InChI=1S/C11H11NO3/c1-2-15-11(14)7-6-12-8-4-3-5-9(13)10(7)8/h3-6,12-13H,2H2,1H3. The second-order valence-electron chi connectivity index (χ2n) is 3.12. The number of aromatic hydroxyl groups is 1. The van der Waals surface area contributed by atoms with Crippen molar-refractivity contribution in [3.05, 3.63) is 30.0 Å². The number of hydrogen-bond donors (Lipinski definition) is 2. The number of fused-ring (bicyclic) bond motifs is 1. The third kappa shape index (κ3) is 1.54. The van der Waals surface area contributed by atoms with Crippen molar-refractivity contribution in [3.63, 3.8) is 0 Å². The lowest BCUT2D eigenvalue weighted by Gasteiger charge is -2.00. The zero-order chi connectivity index (χ0) is 10.8. The van der Waals surface area contributed by atoms with E-state index in [1.807, 2.05) is 0 Å². The van der Waals surface area contributed by atoms with Crippen LogP contribution < -0.4 is 0 Å². The van der Waals surface area contributed by atoms with Gasteiger partial charge >= 0.3 is 5.97 Å². The second kappa shape index (κ2) is 3.65. The van der Waals surface area contributed by atoms with Crippen LogP contribution in [0.2, 0.25) is 0 Å². The highest BCUT2D eigenvalue weighted by atomic mass is 16.5. The Kier molecular flexibility index (Phi) is 2.33. The molecule has 1 aromatic heterocycles. The Labute approximate surface area is 86.5 Å². The quantitative estimate of drug-likeness (QED) is 0.737. The normalized spacial score (nSPS) is 10.5. The number of hydrogen-bond acceptors (Lipinski definition) is 3. The highest BCUT2D eigenvalue weighted by Gasteiger charge is 2.15. The number of H-pyrrole nitrogens is 1. The van der Waals surface area contributed by atoms with Crippen molar-refractivity contribution >= 4 is 16.9 Å². The highest BCUT2D eigenvalue weighted by molar-refractivity contribution is 6.06. The van der Waals surface area contributed by atoms with Crippen LogP contribution in [0.1, 0.15) is 17.3 Å². The lowest BCUT2D eigenvalue weighted by Crippen LogP contribution is -2.03. The van der Waals surface area contributed by atoms with Crippen molar-refractivity contribution < 1.29 is 14.6 Å². The number of nitrogens with one attached hydrogen (secondary N) is 1. The molecule has 78 valence electrons. The van der Waals surface area contributed by atoms with Crippen LogP contribution in [0.25, 0.3) is 10.9 Å². The molecule has 0 aliphatic heterocycles. The van der Waals surface area contributed by atoms with Gasteiger partial charge in [-0.05, 0) is 19.1 Å². The summed E-state index contributed by atoms with van der Waals surface area (Å²) in [6, 6.07) is 5.04. The topological polar surface area (TPSA) is 62.3 Å². The molecule has 15 heavy (non-hydrogen) atoms. The van der Waals surface area contributed by atoms with Gasteiger partial charge < -0.3 is 14.8 Å². The van der Waals surface area contributed by atoms with Crippen molar-refractivity contribution in [1.29, 1.82) is 0 Å². The highest BCUT2D eigenvalue weighted by Crippen LogP contribution is 2.27. The predicted molar refractivity (Wildman–Crippen MR) is 55.9 cm³/mol. The maximum Gasteiger partial charge on any atom is 0.340 e. The number of ether oxygens (including phenoxy) is 1. The van der Waals surface area contributed by atoms with E-state index in [2.05, 4.69) is 4.98 Å². The third-order valence-corrected chi connectivity index (χ3v) is 2.18. The first kappa shape index (κ1) is 9.58. The molecule has 1 heterocycles. The van der Waals surface area contributed by atoms with Crippen LogP contribution in [0, 0.1) is 0 Å². The summed E-state index contributed by atoms with van der Waals surface area (Å²) in [6.45, 7) is 2.06. The number of aromatic amines is 1. The van der Waals surface area contributed by atoms with E-state index in [-0.39, 0.29) is 5.75 Å². The summed E-state index contributed by atoms with van der Waals surface area (Å²) >= 11 is 0. The largest absolute Gasteiger partial charge is 0.507 e. The summed E-state index contributed by atoms with van der Waals surface area (Å²) in [5, 5.41) is 10.1. The van der Waals surface area contributed by atoms with E-state index in [1.54, 1.807) is 31.3 Å². The molecule has 4 heteroatoms. The summed E-state index contributed by atoms with van der Waals surface area (Å²) in [4.78, 5) is 14.4. The SMILES string of the molecule is CCOC(=O)c1c[nH]c2cccc(O)c12. The van der Waals surface area contributed by atoms with Gasteiger partial charge in [0.15, 0.2) is 0 Å². The summed E-state index contributed by atoms with van der Waals surface area (Å²) in [7, 11) is 0. The molecule has 0 saturated carbocycles. The number of benzene rings is 1. The smallest absolute Gasteiger partial charge is 0.340 e. The molecule has 0 atom stereocenters. The van der Waals surface area contributed by atoms with Gasteiger partial charge in [0, 0.05) is 6.20 Å². The molecule has 1 aromatic carbocycles. The minimum Gasteiger partial charge on any atom is -0.507 e. The summed E-state index contributed by atoms with van der Waals surface area (Å²) in [6.07, 6.45) is 1.54. The zero-order valence-electron chi connectivity index (χ0n) is 8.28. The van der Waals surface area contributed by atoms with Crippen molar-refractivity contribution in [2.75, 3.05) is 6.61 Å². The number of phenols is 1.